The summed E-state index contributed by atoms with van der Waals surface area (Å²) < 4.78 is 5.08. The van der Waals surface area contributed by atoms with Gasteiger partial charge < -0.3 is 14.7 Å². The van der Waals surface area contributed by atoms with Crippen LogP contribution in [-0.2, 0) is 11.3 Å². The van der Waals surface area contributed by atoms with Crippen molar-refractivity contribution in [3.63, 3.8) is 0 Å². The third kappa shape index (κ3) is 4.36. The van der Waals surface area contributed by atoms with Gasteiger partial charge in [0, 0.05) is 16.8 Å². The van der Waals surface area contributed by atoms with Crippen molar-refractivity contribution in [1.29, 1.82) is 0 Å². The molecule has 1 aromatic heterocycles. The lowest BCUT2D eigenvalue weighted by Gasteiger charge is -2.22. The number of ether oxygens (including phenoxy) is 1. The second kappa shape index (κ2) is 6.95. The summed E-state index contributed by atoms with van der Waals surface area (Å²) in [6.45, 7) is 0.242. The van der Waals surface area contributed by atoms with E-state index in [2.05, 4.69) is 4.98 Å². The van der Waals surface area contributed by atoms with Crippen LogP contribution in [0.4, 0.5) is 5.69 Å². The molecule has 5 nitrogen and oxygen atoms in total. The number of anilines is 1. The van der Waals surface area contributed by atoms with Crippen molar-refractivity contribution in [2.75, 3.05) is 18.6 Å². The predicted octanol–water partition coefficient (Wildman–Crippen LogP) is 2.83. The minimum absolute atomic E-state index is 0.124. The van der Waals surface area contributed by atoms with Crippen molar-refractivity contribution in [3.8, 4) is 5.88 Å². The zero-order valence-corrected chi connectivity index (χ0v) is 12.2. The molecule has 0 bridgehead atoms. The van der Waals surface area contributed by atoms with Crippen molar-refractivity contribution >= 4 is 23.3 Å². The SMILES string of the molecule is COc1cccc(CN(CC(=O)O)c2ccc(Cl)cc2)n1. The smallest absolute Gasteiger partial charge is 0.323 e. The second-order valence-corrected chi connectivity index (χ2v) is 4.83. The summed E-state index contributed by atoms with van der Waals surface area (Å²) >= 11 is 5.86. The fraction of sp³-hybridized carbons (Fsp3) is 0.200. The van der Waals surface area contributed by atoms with Crippen LogP contribution in [0.25, 0.3) is 0 Å². The number of carboxylic acid groups (broad SMARTS) is 1. The van der Waals surface area contributed by atoms with E-state index in [0.717, 1.165) is 11.4 Å². The zero-order valence-electron chi connectivity index (χ0n) is 11.5. The Bertz CT molecular complexity index is 617. The molecule has 110 valence electrons. The molecular weight excluding hydrogens is 292 g/mol. The Morgan fingerprint density at radius 2 is 2.00 bits per heavy atom. The van der Waals surface area contributed by atoms with Crippen LogP contribution in [0.3, 0.4) is 0 Å². The molecule has 0 unspecified atom stereocenters. The van der Waals surface area contributed by atoms with Gasteiger partial charge in [0.15, 0.2) is 0 Å². The molecule has 0 amide bonds. The van der Waals surface area contributed by atoms with Crippen molar-refractivity contribution in [3.05, 3.63) is 53.2 Å². The minimum Gasteiger partial charge on any atom is -0.481 e. The monoisotopic (exact) mass is 306 g/mol. The molecular formula is C15H15ClN2O3. The summed E-state index contributed by atoms with van der Waals surface area (Å²) in [5.41, 5.74) is 1.50. The van der Waals surface area contributed by atoms with Crippen LogP contribution in [0.15, 0.2) is 42.5 Å². The van der Waals surface area contributed by atoms with E-state index in [1.54, 1.807) is 42.3 Å². The number of rotatable bonds is 6. The molecule has 0 aliphatic rings. The highest BCUT2D eigenvalue weighted by Crippen LogP contribution is 2.20. The van der Waals surface area contributed by atoms with E-state index >= 15 is 0 Å². The Hall–Kier alpha value is -2.27. The molecule has 0 aliphatic heterocycles. The molecule has 0 radical (unpaired) electrons. The average Bonchev–Trinajstić information content (AvgIpc) is 2.47. The molecule has 2 aromatic rings. The summed E-state index contributed by atoms with van der Waals surface area (Å²) in [7, 11) is 1.54. The molecule has 6 heteroatoms. The van der Waals surface area contributed by atoms with E-state index in [9.17, 15) is 4.79 Å². The maximum absolute atomic E-state index is 11.1. The van der Waals surface area contributed by atoms with Crippen LogP contribution in [0, 0.1) is 0 Å². The average molecular weight is 307 g/mol. The van der Waals surface area contributed by atoms with Gasteiger partial charge in [0.2, 0.25) is 5.88 Å². The number of pyridine rings is 1. The van der Waals surface area contributed by atoms with Gasteiger partial charge in [-0.1, -0.05) is 17.7 Å². The fourth-order valence-electron chi connectivity index (χ4n) is 1.91. The van der Waals surface area contributed by atoms with Gasteiger partial charge in [-0.2, -0.15) is 0 Å². The molecule has 1 N–H and O–H groups in total. The lowest BCUT2D eigenvalue weighted by Crippen LogP contribution is -2.29. The van der Waals surface area contributed by atoms with Crippen LogP contribution in [0.2, 0.25) is 5.02 Å². The highest BCUT2D eigenvalue weighted by molar-refractivity contribution is 6.30. The number of halogens is 1. The van der Waals surface area contributed by atoms with Gasteiger partial charge in [0.05, 0.1) is 19.3 Å². The first kappa shape index (κ1) is 15.1. The number of aliphatic carboxylic acids is 1. The van der Waals surface area contributed by atoms with Gasteiger partial charge in [0.1, 0.15) is 6.54 Å². The summed E-state index contributed by atoms with van der Waals surface area (Å²) in [6.07, 6.45) is 0. The summed E-state index contributed by atoms with van der Waals surface area (Å²) in [5.74, 6) is -0.410. The number of hydrogen-bond donors (Lipinski definition) is 1. The molecule has 0 aliphatic carbocycles. The number of hydrogen-bond acceptors (Lipinski definition) is 4. The van der Waals surface area contributed by atoms with Crippen molar-refractivity contribution < 1.29 is 14.6 Å². The first-order valence-corrected chi connectivity index (χ1v) is 6.68. The molecule has 1 aromatic carbocycles. The number of nitrogens with zero attached hydrogens (tertiary/aromatic N) is 2. The van der Waals surface area contributed by atoms with E-state index < -0.39 is 5.97 Å². The van der Waals surface area contributed by atoms with Gasteiger partial charge in [-0.3, -0.25) is 4.79 Å². The Morgan fingerprint density at radius 1 is 1.29 bits per heavy atom. The van der Waals surface area contributed by atoms with Crippen molar-refractivity contribution in [1.82, 2.24) is 4.98 Å². The minimum atomic E-state index is -0.909. The van der Waals surface area contributed by atoms with E-state index in [1.807, 2.05) is 12.1 Å². The first-order valence-electron chi connectivity index (χ1n) is 6.30. The predicted molar refractivity (Wildman–Crippen MR) is 80.9 cm³/mol. The Kier molecular flexibility index (Phi) is 5.00. The maximum atomic E-state index is 11.1. The molecule has 0 saturated carbocycles. The van der Waals surface area contributed by atoms with E-state index in [1.165, 1.54) is 0 Å². The highest BCUT2D eigenvalue weighted by Gasteiger charge is 2.12. The molecule has 0 atom stereocenters. The van der Waals surface area contributed by atoms with Crippen molar-refractivity contribution in [2.45, 2.75) is 6.54 Å². The van der Waals surface area contributed by atoms with Crippen LogP contribution in [-0.4, -0.2) is 29.7 Å². The lowest BCUT2D eigenvalue weighted by molar-refractivity contribution is -0.135. The molecule has 1 heterocycles. The zero-order chi connectivity index (χ0) is 15.2. The Balaban J connectivity index is 2.23. The van der Waals surface area contributed by atoms with E-state index in [4.69, 9.17) is 21.4 Å². The van der Waals surface area contributed by atoms with E-state index in [0.29, 0.717) is 17.4 Å². The van der Waals surface area contributed by atoms with Gasteiger partial charge in [-0.05, 0) is 30.3 Å². The van der Waals surface area contributed by atoms with Gasteiger partial charge in [-0.15, -0.1) is 0 Å². The third-order valence-electron chi connectivity index (χ3n) is 2.86. The summed E-state index contributed by atoms with van der Waals surface area (Å²) in [6, 6.07) is 12.4. The molecule has 0 saturated heterocycles. The van der Waals surface area contributed by atoms with Crippen LogP contribution in [0.1, 0.15) is 5.69 Å². The van der Waals surface area contributed by atoms with Crippen molar-refractivity contribution in [2.24, 2.45) is 0 Å². The van der Waals surface area contributed by atoms with E-state index in [-0.39, 0.29) is 6.54 Å². The Labute approximate surface area is 127 Å². The third-order valence-corrected chi connectivity index (χ3v) is 3.11. The topological polar surface area (TPSA) is 62.7 Å². The number of benzene rings is 1. The van der Waals surface area contributed by atoms with Gasteiger partial charge in [-0.25, -0.2) is 4.98 Å². The van der Waals surface area contributed by atoms with Crippen LogP contribution in [0.5, 0.6) is 5.88 Å². The number of carboxylic acids is 1. The highest BCUT2D eigenvalue weighted by atomic mass is 35.5. The number of methoxy groups -OCH3 is 1. The first-order chi connectivity index (χ1) is 10.1. The molecule has 2 rings (SSSR count). The lowest BCUT2D eigenvalue weighted by atomic mass is 10.2. The number of aromatic nitrogens is 1. The summed E-state index contributed by atoms with van der Waals surface area (Å²) in [4.78, 5) is 17.1. The standard InChI is InChI=1S/C15H15ClN2O3/c1-21-14-4-2-3-12(17-14)9-18(10-15(19)20)13-7-5-11(16)6-8-13/h2-8H,9-10H2,1H3,(H,19,20). The summed E-state index contributed by atoms with van der Waals surface area (Å²) in [5, 5.41) is 9.67. The van der Waals surface area contributed by atoms with Gasteiger partial charge >= 0.3 is 5.97 Å². The number of carbonyl (C=O) groups is 1. The van der Waals surface area contributed by atoms with Crippen LogP contribution >= 0.6 is 11.6 Å². The van der Waals surface area contributed by atoms with Gasteiger partial charge in [0.25, 0.3) is 0 Å². The molecule has 0 spiro atoms. The second-order valence-electron chi connectivity index (χ2n) is 4.40. The maximum Gasteiger partial charge on any atom is 0.323 e. The van der Waals surface area contributed by atoms with Crippen LogP contribution < -0.4 is 9.64 Å². The normalized spacial score (nSPS) is 10.2. The largest absolute Gasteiger partial charge is 0.481 e. The fourth-order valence-corrected chi connectivity index (χ4v) is 2.03. The molecule has 21 heavy (non-hydrogen) atoms. The molecule has 0 fully saturated rings. The Morgan fingerprint density at radius 3 is 2.62 bits per heavy atom. The quantitative estimate of drug-likeness (QED) is 0.889.